The highest BCUT2D eigenvalue weighted by Gasteiger charge is 2.13. The molecule has 0 saturated heterocycles. The summed E-state index contributed by atoms with van der Waals surface area (Å²) in [6.45, 7) is 2.11. The van der Waals surface area contributed by atoms with Gasteiger partial charge in [0.15, 0.2) is 0 Å². The summed E-state index contributed by atoms with van der Waals surface area (Å²) in [5, 5.41) is 5.72. The number of rotatable bonds is 6. The van der Waals surface area contributed by atoms with Gasteiger partial charge in [0.2, 0.25) is 11.8 Å². The summed E-state index contributed by atoms with van der Waals surface area (Å²) in [6.07, 6.45) is -0.179. The Morgan fingerprint density at radius 3 is 2.50 bits per heavy atom. The number of hydrogen-bond acceptors (Lipinski definition) is 3. The Morgan fingerprint density at radius 1 is 1.12 bits per heavy atom. The summed E-state index contributed by atoms with van der Waals surface area (Å²) in [4.78, 5) is 25.9. The molecule has 2 aromatic carbocycles. The van der Waals surface area contributed by atoms with E-state index in [4.69, 9.17) is 11.6 Å². The summed E-state index contributed by atoms with van der Waals surface area (Å²) in [5.41, 5.74) is 2.14. The fourth-order valence-corrected chi connectivity index (χ4v) is 2.61. The molecule has 138 valence electrons. The number of aryl methyl sites for hydroxylation is 1. The number of carbonyl (C=O) groups excluding carboxylic acids is 2. The number of carbonyl (C=O) groups is 2. The lowest BCUT2D eigenvalue weighted by atomic mass is 10.1. The van der Waals surface area contributed by atoms with Crippen molar-refractivity contribution in [2.75, 3.05) is 31.3 Å². The van der Waals surface area contributed by atoms with E-state index in [0.29, 0.717) is 11.4 Å². The molecule has 2 rings (SSSR count). The van der Waals surface area contributed by atoms with E-state index in [1.54, 1.807) is 37.2 Å². The van der Waals surface area contributed by atoms with Gasteiger partial charge in [-0.1, -0.05) is 23.7 Å². The standard InChI is InChI=1S/C19H21ClFN3O2/c1-12-7-8-13(9-17(12)23-19(26)11-24(2)3)22-18(25)10-14-15(20)5-4-6-16(14)21/h4-9H,10-11H2,1-3H3,(H,22,25)(H,23,26). The van der Waals surface area contributed by atoms with Crippen LogP contribution in [0.2, 0.25) is 5.02 Å². The van der Waals surface area contributed by atoms with Gasteiger partial charge in [0.05, 0.1) is 13.0 Å². The van der Waals surface area contributed by atoms with Crippen LogP contribution in [0.25, 0.3) is 0 Å². The van der Waals surface area contributed by atoms with Gasteiger partial charge in [0.25, 0.3) is 0 Å². The molecule has 0 saturated carbocycles. The Hall–Kier alpha value is -2.44. The number of halogens is 2. The molecule has 2 amide bonds. The van der Waals surface area contributed by atoms with E-state index in [-0.39, 0.29) is 29.5 Å². The van der Waals surface area contributed by atoms with Gasteiger partial charge < -0.3 is 15.5 Å². The Kier molecular flexibility index (Phi) is 6.71. The summed E-state index contributed by atoms with van der Waals surface area (Å²) < 4.78 is 13.8. The number of nitrogens with zero attached hydrogens (tertiary/aromatic N) is 1. The Labute approximate surface area is 157 Å². The van der Waals surface area contributed by atoms with Gasteiger partial charge in [-0.2, -0.15) is 0 Å². The number of amides is 2. The van der Waals surface area contributed by atoms with Gasteiger partial charge in [-0.05, 0) is 50.8 Å². The Bertz CT molecular complexity index is 804. The third kappa shape index (κ3) is 5.54. The summed E-state index contributed by atoms with van der Waals surface area (Å²) in [5.74, 6) is -1.07. The molecule has 0 aliphatic heterocycles. The van der Waals surface area contributed by atoms with Crippen LogP contribution < -0.4 is 10.6 Å². The van der Waals surface area contributed by atoms with Crippen molar-refractivity contribution in [3.63, 3.8) is 0 Å². The number of nitrogens with one attached hydrogen (secondary N) is 2. The van der Waals surface area contributed by atoms with Gasteiger partial charge in [-0.3, -0.25) is 9.59 Å². The molecular formula is C19H21ClFN3O2. The van der Waals surface area contributed by atoms with Gasteiger partial charge >= 0.3 is 0 Å². The average Bonchev–Trinajstić information content (AvgIpc) is 2.53. The maximum atomic E-state index is 13.8. The van der Waals surface area contributed by atoms with E-state index in [0.717, 1.165) is 5.56 Å². The van der Waals surface area contributed by atoms with Crippen molar-refractivity contribution in [2.45, 2.75) is 13.3 Å². The van der Waals surface area contributed by atoms with Crippen LogP contribution in [0.5, 0.6) is 0 Å². The highest BCUT2D eigenvalue weighted by atomic mass is 35.5. The number of hydrogen-bond donors (Lipinski definition) is 2. The predicted octanol–water partition coefficient (Wildman–Crippen LogP) is 3.47. The van der Waals surface area contributed by atoms with E-state index in [2.05, 4.69) is 10.6 Å². The number of anilines is 2. The minimum atomic E-state index is -0.520. The molecule has 2 N–H and O–H groups in total. The van der Waals surface area contributed by atoms with E-state index < -0.39 is 11.7 Å². The van der Waals surface area contributed by atoms with E-state index in [1.165, 1.54) is 18.2 Å². The zero-order valence-corrected chi connectivity index (χ0v) is 15.7. The fourth-order valence-electron chi connectivity index (χ4n) is 2.38. The molecule has 0 aliphatic rings. The molecule has 2 aromatic rings. The molecule has 0 fully saturated rings. The minimum absolute atomic E-state index is 0.151. The fraction of sp³-hybridized carbons (Fsp3) is 0.263. The topological polar surface area (TPSA) is 61.4 Å². The quantitative estimate of drug-likeness (QED) is 0.810. The predicted molar refractivity (Wildman–Crippen MR) is 102 cm³/mol. The van der Waals surface area contributed by atoms with Crippen molar-refractivity contribution in [2.24, 2.45) is 0 Å². The molecule has 0 unspecified atom stereocenters. The molecule has 26 heavy (non-hydrogen) atoms. The number of likely N-dealkylation sites (N-methyl/N-ethyl adjacent to an activating group) is 1. The largest absolute Gasteiger partial charge is 0.326 e. The third-order valence-corrected chi connectivity index (χ3v) is 4.01. The zero-order chi connectivity index (χ0) is 19.3. The van der Waals surface area contributed by atoms with E-state index in [1.807, 2.05) is 6.92 Å². The first-order valence-corrected chi connectivity index (χ1v) is 8.42. The van der Waals surface area contributed by atoms with Crippen LogP contribution in [0.15, 0.2) is 36.4 Å². The molecule has 5 nitrogen and oxygen atoms in total. The third-order valence-electron chi connectivity index (χ3n) is 3.65. The van der Waals surface area contributed by atoms with E-state index >= 15 is 0 Å². The SMILES string of the molecule is Cc1ccc(NC(=O)Cc2c(F)cccc2Cl)cc1NC(=O)CN(C)C. The van der Waals surface area contributed by atoms with Gasteiger partial charge in [0, 0.05) is 22.0 Å². The maximum absolute atomic E-state index is 13.8. The zero-order valence-electron chi connectivity index (χ0n) is 14.9. The lowest BCUT2D eigenvalue weighted by Gasteiger charge is -2.14. The second kappa shape index (κ2) is 8.78. The first-order valence-electron chi connectivity index (χ1n) is 8.04. The lowest BCUT2D eigenvalue weighted by molar-refractivity contribution is -0.117. The Balaban J connectivity index is 2.08. The van der Waals surface area contributed by atoms with Crippen LogP contribution in [-0.2, 0) is 16.0 Å². The van der Waals surface area contributed by atoms with E-state index in [9.17, 15) is 14.0 Å². The molecule has 0 aliphatic carbocycles. The van der Waals surface area contributed by atoms with Crippen molar-refractivity contribution in [3.8, 4) is 0 Å². The molecule has 0 atom stereocenters. The van der Waals surface area contributed by atoms with Crippen LogP contribution in [0, 0.1) is 12.7 Å². The second-order valence-corrected chi connectivity index (χ2v) is 6.65. The van der Waals surface area contributed by atoms with Crippen molar-refractivity contribution in [3.05, 3.63) is 58.4 Å². The smallest absolute Gasteiger partial charge is 0.238 e. The molecule has 0 spiro atoms. The molecular weight excluding hydrogens is 357 g/mol. The second-order valence-electron chi connectivity index (χ2n) is 6.24. The molecule has 0 aromatic heterocycles. The first kappa shape index (κ1) is 19.9. The summed E-state index contributed by atoms with van der Waals surface area (Å²) >= 11 is 5.95. The number of benzene rings is 2. The average molecular weight is 378 g/mol. The summed E-state index contributed by atoms with van der Waals surface area (Å²) in [6, 6.07) is 9.47. The van der Waals surface area contributed by atoms with Crippen molar-refractivity contribution >= 4 is 34.8 Å². The Morgan fingerprint density at radius 2 is 1.85 bits per heavy atom. The van der Waals surface area contributed by atoms with Gasteiger partial charge in [-0.25, -0.2) is 4.39 Å². The van der Waals surface area contributed by atoms with Gasteiger partial charge in [-0.15, -0.1) is 0 Å². The monoisotopic (exact) mass is 377 g/mol. The highest BCUT2D eigenvalue weighted by Crippen LogP contribution is 2.22. The maximum Gasteiger partial charge on any atom is 0.238 e. The molecule has 0 bridgehead atoms. The minimum Gasteiger partial charge on any atom is -0.326 e. The van der Waals surface area contributed by atoms with Gasteiger partial charge in [0.1, 0.15) is 5.82 Å². The van der Waals surface area contributed by atoms with Crippen molar-refractivity contribution in [1.29, 1.82) is 0 Å². The van der Waals surface area contributed by atoms with Crippen molar-refractivity contribution < 1.29 is 14.0 Å². The molecule has 0 heterocycles. The van der Waals surface area contributed by atoms with Crippen LogP contribution in [0.1, 0.15) is 11.1 Å². The molecule has 7 heteroatoms. The molecule has 0 radical (unpaired) electrons. The van der Waals surface area contributed by atoms with Crippen LogP contribution >= 0.6 is 11.6 Å². The van der Waals surface area contributed by atoms with Crippen molar-refractivity contribution in [1.82, 2.24) is 4.90 Å². The first-order chi connectivity index (χ1) is 12.3. The normalized spacial score (nSPS) is 10.7. The summed E-state index contributed by atoms with van der Waals surface area (Å²) in [7, 11) is 3.61. The van der Waals surface area contributed by atoms with Crippen LogP contribution in [-0.4, -0.2) is 37.4 Å². The highest BCUT2D eigenvalue weighted by molar-refractivity contribution is 6.31. The lowest BCUT2D eigenvalue weighted by Crippen LogP contribution is -2.27. The van der Waals surface area contributed by atoms with Crippen LogP contribution in [0.4, 0.5) is 15.8 Å². The van der Waals surface area contributed by atoms with Crippen LogP contribution in [0.3, 0.4) is 0 Å².